The molecule has 0 aromatic carbocycles. The number of methoxy groups -OCH3 is 1. The minimum Gasteiger partial charge on any atom is -0.480 e. The number of nitrogens with zero attached hydrogens (tertiary/aromatic N) is 1. The van der Waals surface area contributed by atoms with Crippen LogP contribution in [0.3, 0.4) is 0 Å². The molecule has 0 fully saturated rings. The van der Waals surface area contributed by atoms with Crippen molar-refractivity contribution in [3.63, 3.8) is 0 Å². The first kappa shape index (κ1) is 14.9. The second-order valence-electron chi connectivity index (χ2n) is 3.84. The van der Waals surface area contributed by atoms with Crippen molar-refractivity contribution in [2.75, 3.05) is 26.8 Å². The maximum atomic E-state index is 11.9. The van der Waals surface area contributed by atoms with Crippen LogP contribution in [0.15, 0.2) is 0 Å². The third kappa shape index (κ3) is 5.70. The maximum Gasteiger partial charge on any atom is 0.323 e. The first-order valence-corrected chi connectivity index (χ1v) is 5.52. The van der Waals surface area contributed by atoms with Gasteiger partial charge < -0.3 is 14.7 Å². The van der Waals surface area contributed by atoms with Crippen LogP contribution in [0.2, 0.25) is 0 Å². The molecule has 0 radical (unpaired) electrons. The molecular weight excluding hydrogens is 210 g/mol. The average Bonchev–Trinajstić information content (AvgIpc) is 2.23. The number of hydrogen-bond acceptors (Lipinski definition) is 3. The van der Waals surface area contributed by atoms with E-state index in [0.29, 0.717) is 13.2 Å². The predicted octanol–water partition coefficient (Wildman–Crippen LogP) is 0.982. The molecule has 0 aliphatic rings. The summed E-state index contributed by atoms with van der Waals surface area (Å²) in [6.07, 6.45) is 1.69. The van der Waals surface area contributed by atoms with Crippen molar-refractivity contribution in [3.8, 4) is 0 Å². The number of aliphatic carboxylic acids is 1. The van der Waals surface area contributed by atoms with Gasteiger partial charge in [-0.3, -0.25) is 9.59 Å². The molecule has 0 heterocycles. The molecule has 5 heteroatoms. The average molecular weight is 231 g/mol. The number of carboxylic acid groups (broad SMARTS) is 1. The maximum absolute atomic E-state index is 11.9. The molecule has 0 rings (SSSR count). The van der Waals surface area contributed by atoms with Crippen molar-refractivity contribution >= 4 is 11.9 Å². The van der Waals surface area contributed by atoms with Gasteiger partial charge in [-0.15, -0.1) is 0 Å². The molecule has 94 valence electrons. The Kier molecular flexibility index (Phi) is 7.54. The molecule has 1 amide bonds. The molecule has 5 nitrogen and oxygen atoms in total. The zero-order chi connectivity index (χ0) is 12.6. The van der Waals surface area contributed by atoms with Gasteiger partial charge in [-0.05, 0) is 6.42 Å². The van der Waals surface area contributed by atoms with Gasteiger partial charge in [0.2, 0.25) is 5.91 Å². The summed E-state index contributed by atoms with van der Waals surface area (Å²) in [7, 11) is 1.53. The predicted molar refractivity (Wildman–Crippen MR) is 60.2 cm³/mol. The van der Waals surface area contributed by atoms with Gasteiger partial charge in [0.15, 0.2) is 0 Å². The van der Waals surface area contributed by atoms with Gasteiger partial charge in [-0.2, -0.15) is 0 Å². The summed E-state index contributed by atoms with van der Waals surface area (Å²) < 4.78 is 4.86. The lowest BCUT2D eigenvalue weighted by atomic mass is 10.0. The van der Waals surface area contributed by atoms with Crippen molar-refractivity contribution in [1.82, 2.24) is 4.90 Å². The summed E-state index contributed by atoms with van der Waals surface area (Å²) in [6, 6.07) is 0. The number of carbonyl (C=O) groups excluding carboxylic acids is 1. The van der Waals surface area contributed by atoms with E-state index in [0.717, 1.165) is 12.8 Å². The van der Waals surface area contributed by atoms with Crippen LogP contribution in [0.4, 0.5) is 0 Å². The smallest absolute Gasteiger partial charge is 0.323 e. The fourth-order valence-corrected chi connectivity index (χ4v) is 1.50. The van der Waals surface area contributed by atoms with E-state index < -0.39 is 5.97 Å². The molecule has 16 heavy (non-hydrogen) atoms. The van der Waals surface area contributed by atoms with Crippen LogP contribution in [0.1, 0.15) is 26.7 Å². The molecule has 0 saturated heterocycles. The van der Waals surface area contributed by atoms with E-state index in [1.807, 2.05) is 13.8 Å². The molecule has 0 aromatic rings. The molecule has 0 aliphatic heterocycles. The van der Waals surface area contributed by atoms with E-state index in [-0.39, 0.29) is 18.4 Å². The van der Waals surface area contributed by atoms with E-state index in [4.69, 9.17) is 9.84 Å². The molecule has 1 atom stereocenters. The van der Waals surface area contributed by atoms with Gasteiger partial charge >= 0.3 is 5.97 Å². The largest absolute Gasteiger partial charge is 0.480 e. The number of hydrogen-bond donors (Lipinski definition) is 1. The molecular formula is C11H21NO4. The zero-order valence-corrected chi connectivity index (χ0v) is 10.2. The SMILES string of the molecule is CCCC(C)C(=O)N(CCOC)CC(=O)O. The lowest BCUT2D eigenvalue weighted by molar-refractivity contribution is -0.146. The fraction of sp³-hybridized carbons (Fsp3) is 0.818. The van der Waals surface area contributed by atoms with E-state index >= 15 is 0 Å². The quantitative estimate of drug-likeness (QED) is 0.676. The van der Waals surface area contributed by atoms with Crippen LogP contribution in [0.5, 0.6) is 0 Å². The highest BCUT2D eigenvalue weighted by atomic mass is 16.5. The zero-order valence-electron chi connectivity index (χ0n) is 10.2. The molecule has 0 bridgehead atoms. The Balaban J connectivity index is 4.35. The summed E-state index contributed by atoms with van der Waals surface area (Å²) in [5.74, 6) is -1.23. The highest BCUT2D eigenvalue weighted by Gasteiger charge is 2.21. The Morgan fingerprint density at radius 1 is 1.44 bits per heavy atom. The normalized spacial score (nSPS) is 12.2. The Bertz CT molecular complexity index is 230. The Labute approximate surface area is 96.4 Å². The monoisotopic (exact) mass is 231 g/mol. The fourth-order valence-electron chi connectivity index (χ4n) is 1.50. The van der Waals surface area contributed by atoms with E-state index in [9.17, 15) is 9.59 Å². The second kappa shape index (κ2) is 8.10. The van der Waals surface area contributed by atoms with Gasteiger partial charge in [0.1, 0.15) is 6.54 Å². The summed E-state index contributed by atoms with van der Waals surface area (Å²) in [5, 5.41) is 8.71. The van der Waals surface area contributed by atoms with Crippen molar-refractivity contribution in [2.24, 2.45) is 5.92 Å². The van der Waals surface area contributed by atoms with Gasteiger partial charge in [-0.1, -0.05) is 20.3 Å². The van der Waals surface area contributed by atoms with E-state index in [1.54, 1.807) is 0 Å². The van der Waals surface area contributed by atoms with Crippen LogP contribution in [0.25, 0.3) is 0 Å². The molecule has 1 N–H and O–H groups in total. The van der Waals surface area contributed by atoms with Gasteiger partial charge in [0.25, 0.3) is 0 Å². The highest BCUT2D eigenvalue weighted by molar-refractivity contribution is 5.82. The minimum atomic E-state index is -0.992. The number of carboxylic acids is 1. The van der Waals surface area contributed by atoms with Gasteiger partial charge in [0, 0.05) is 19.6 Å². The number of ether oxygens (including phenoxy) is 1. The molecule has 1 unspecified atom stereocenters. The highest BCUT2D eigenvalue weighted by Crippen LogP contribution is 2.09. The Hall–Kier alpha value is -1.10. The number of rotatable bonds is 8. The summed E-state index contributed by atoms with van der Waals surface area (Å²) >= 11 is 0. The summed E-state index contributed by atoms with van der Waals surface area (Å²) in [6.45, 7) is 4.26. The van der Waals surface area contributed by atoms with Crippen LogP contribution in [0, 0.1) is 5.92 Å². The third-order valence-corrected chi connectivity index (χ3v) is 2.35. The lowest BCUT2D eigenvalue weighted by Gasteiger charge is -2.23. The van der Waals surface area contributed by atoms with Crippen LogP contribution >= 0.6 is 0 Å². The van der Waals surface area contributed by atoms with Crippen molar-refractivity contribution in [1.29, 1.82) is 0 Å². The summed E-state index contributed by atoms with van der Waals surface area (Å²) in [4.78, 5) is 23.8. The molecule has 0 aromatic heterocycles. The van der Waals surface area contributed by atoms with Gasteiger partial charge in [-0.25, -0.2) is 0 Å². The summed E-state index contributed by atoms with van der Waals surface area (Å²) in [5.41, 5.74) is 0. The van der Waals surface area contributed by atoms with Crippen molar-refractivity contribution in [3.05, 3.63) is 0 Å². The van der Waals surface area contributed by atoms with Crippen LogP contribution in [-0.4, -0.2) is 48.7 Å². The first-order chi connectivity index (χ1) is 7.52. The van der Waals surface area contributed by atoms with Gasteiger partial charge in [0.05, 0.1) is 6.61 Å². The lowest BCUT2D eigenvalue weighted by Crippen LogP contribution is -2.40. The van der Waals surface area contributed by atoms with E-state index in [1.165, 1.54) is 12.0 Å². The van der Waals surface area contributed by atoms with Crippen molar-refractivity contribution in [2.45, 2.75) is 26.7 Å². The standard InChI is InChI=1S/C11H21NO4/c1-4-5-9(2)11(15)12(6-7-16-3)8-10(13)14/h9H,4-8H2,1-3H3,(H,13,14). The second-order valence-corrected chi connectivity index (χ2v) is 3.84. The Morgan fingerprint density at radius 3 is 2.50 bits per heavy atom. The topological polar surface area (TPSA) is 66.8 Å². The number of carbonyl (C=O) groups is 2. The van der Waals surface area contributed by atoms with Crippen molar-refractivity contribution < 1.29 is 19.4 Å². The van der Waals surface area contributed by atoms with E-state index in [2.05, 4.69) is 0 Å². The molecule has 0 aliphatic carbocycles. The molecule has 0 saturated carbocycles. The molecule has 0 spiro atoms. The number of amides is 1. The Morgan fingerprint density at radius 2 is 2.06 bits per heavy atom. The third-order valence-electron chi connectivity index (χ3n) is 2.35. The first-order valence-electron chi connectivity index (χ1n) is 5.52. The minimum absolute atomic E-state index is 0.110. The van der Waals surface area contributed by atoms with Crippen LogP contribution < -0.4 is 0 Å². The van der Waals surface area contributed by atoms with Crippen LogP contribution in [-0.2, 0) is 14.3 Å².